The monoisotopic (exact) mass is 350 g/mol. The zero-order valence-electron chi connectivity index (χ0n) is 13.3. The topological polar surface area (TPSA) is 65.3 Å². The number of ether oxygens (including phenoxy) is 1. The Hall–Kier alpha value is -2.56. The van der Waals surface area contributed by atoms with Crippen LogP contribution in [0.1, 0.15) is 16.7 Å². The summed E-state index contributed by atoms with van der Waals surface area (Å²) in [5.41, 5.74) is 0.724. The van der Waals surface area contributed by atoms with Gasteiger partial charge in [0.05, 0.1) is 17.2 Å². The molecule has 132 valence electrons. The zero-order valence-corrected chi connectivity index (χ0v) is 13.3. The van der Waals surface area contributed by atoms with Crippen LogP contribution in [0.3, 0.4) is 0 Å². The van der Waals surface area contributed by atoms with Gasteiger partial charge in [-0.2, -0.15) is 18.4 Å². The van der Waals surface area contributed by atoms with Crippen LogP contribution in [-0.2, 0) is 12.7 Å². The Morgan fingerprint density at radius 3 is 2.52 bits per heavy atom. The number of nitrogens with one attached hydrogen (secondary N) is 1. The largest absolute Gasteiger partial charge is 0.491 e. The third-order valence-corrected chi connectivity index (χ3v) is 3.40. The molecule has 2 rings (SSSR count). The lowest BCUT2D eigenvalue weighted by molar-refractivity contribution is -0.137. The van der Waals surface area contributed by atoms with E-state index in [-0.39, 0.29) is 18.9 Å². The van der Waals surface area contributed by atoms with Crippen LogP contribution in [0, 0.1) is 11.3 Å². The number of hydrogen-bond acceptors (Lipinski definition) is 4. The summed E-state index contributed by atoms with van der Waals surface area (Å²) >= 11 is 0. The Labute approximate surface area is 143 Å². The third kappa shape index (κ3) is 6.10. The molecular weight excluding hydrogens is 333 g/mol. The maximum absolute atomic E-state index is 12.6. The van der Waals surface area contributed by atoms with Crippen LogP contribution in [0.2, 0.25) is 0 Å². The number of nitrogens with zero attached hydrogens (tertiary/aromatic N) is 1. The van der Waals surface area contributed by atoms with Gasteiger partial charge in [0.1, 0.15) is 18.5 Å². The maximum atomic E-state index is 12.6. The fraction of sp³-hybridized carbons (Fsp3) is 0.278. The van der Waals surface area contributed by atoms with Crippen molar-refractivity contribution in [1.29, 1.82) is 5.26 Å². The molecule has 0 saturated carbocycles. The Kier molecular flexibility index (Phi) is 6.39. The standard InChI is InChI=1S/C18H17F3N2O2/c19-18(20,21)15-2-1-3-17(8-15)25-12-16(24)11-23-10-14-6-4-13(9-22)5-7-14/h1-8,16,23-24H,10-12H2. The molecule has 1 atom stereocenters. The molecule has 0 amide bonds. The first-order valence-electron chi connectivity index (χ1n) is 7.56. The van der Waals surface area contributed by atoms with E-state index in [1.165, 1.54) is 12.1 Å². The summed E-state index contributed by atoms with van der Waals surface area (Å²) in [6.45, 7) is 0.590. The molecular formula is C18H17F3N2O2. The molecule has 2 aromatic rings. The fourth-order valence-electron chi connectivity index (χ4n) is 2.09. The molecule has 0 fully saturated rings. The van der Waals surface area contributed by atoms with E-state index in [4.69, 9.17) is 10.00 Å². The van der Waals surface area contributed by atoms with Gasteiger partial charge in [-0.15, -0.1) is 0 Å². The predicted molar refractivity (Wildman–Crippen MR) is 85.8 cm³/mol. The van der Waals surface area contributed by atoms with E-state index in [9.17, 15) is 18.3 Å². The highest BCUT2D eigenvalue weighted by Gasteiger charge is 2.30. The molecule has 7 heteroatoms. The molecule has 0 saturated heterocycles. The van der Waals surface area contributed by atoms with Gasteiger partial charge in [0, 0.05) is 13.1 Å². The predicted octanol–water partition coefficient (Wildman–Crippen LogP) is 3.11. The smallest absolute Gasteiger partial charge is 0.416 e. The number of aliphatic hydroxyl groups is 1. The average Bonchev–Trinajstić information content (AvgIpc) is 2.60. The van der Waals surface area contributed by atoms with Crippen molar-refractivity contribution < 1.29 is 23.0 Å². The Morgan fingerprint density at radius 1 is 1.16 bits per heavy atom. The number of aliphatic hydroxyl groups excluding tert-OH is 1. The van der Waals surface area contributed by atoms with E-state index in [1.54, 1.807) is 24.3 Å². The summed E-state index contributed by atoms with van der Waals surface area (Å²) in [5.74, 6) is 0.0565. The number of halogens is 3. The Balaban J connectivity index is 1.75. The molecule has 0 aliphatic rings. The summed E-state index contributed by atoms with van der Waals surface area (Å²) in [6, 6.07) is 13.6. The second-order valence-electron chi connectivity index (χ2n) is 5.43. The van der Waals surface area contributed by atoms with Crippen molar-refractivity contribution in [1.82, 2.24) is 5.32 Å². The average molecular weight is 350 g/mol. The van der Waals surface area contributed by atoms with Crippen molar-refractivity contribution >= 4 is 0 Å². The molecule has 1 unspecified atom stereocenters. The van der Waals surface area contributed by atoms with Crippen molar-refractivity contribution in [2.75, 3.05) is 13.2 Å². The van der Waals surface area contributed by atoms with Gasteiger partial charge in [-0.1, -0.05) is 18.2 Å². The van der Waals surface area contributed by atoms with Gasteiger partial charge in [0.15, 0.2) is 0 Å². The normalized spacial score (nSPS) is 12.4. The molecule has 0 aliphatic heterocycles. The minimum Gasteiger partial charge on any atom is -0.491 e. The van der Waals surface area contributed by atoms with Crippen LogP contribution in [-0.4, -0.2) is 24.4 Å². The first-order valence-corrected chi connectivity index (χ1v) is 7.56. The zero-order chi connectivity index (χ0) is 18.3. The first kappa shape index (κ1) is 18.8. The quantitative estimate of drug-likeness (QED) is 0.805. The van der Waals surface area contributed by atoms with Crippen LogP contribution in [0.4, 0.5) is 13.2 Å². The van der Waals surface area contributed by atoms with E-state index < -0.39 is 17.8 Å². The molecule has 2 aromatic carbocycles. The lowest BCUT2D eigenvalue weighted by Crippen LogP contribution is -2.31. The lowest BCUT2D eigenvalue weighted by atomic mass is 10.1. The molecule has 0 bridgehead atoms. The van der Waals surface area contributed by atoms with Crippen LogP contribution in [0.5, 0.6) is 5.75 Å². The van der Waals surface area contributed by atoms with Gasteiger partial charge in [-0.05, 0) is 35.9 Å². The Morgan fingerprint density at radius 2 is 1.88 bits per heavy atom. The summed E-state index contributed by atoms with van der Waals surface area (Å²) in [5, 5.41) is 21.6. The van der Waals surface area contributed by atoms with Crippen LogP contribution in [0.25, 0.3) is 0 Å². The number of benzene rings is 2. The highest BCUT2D eigenvalue weighted by molar-refractivity contribution is 5.31. The van der Waals surface area contributed by atoms with E-state index in [2.05, 4.69) is 5.32 Å². The van der Waals surface area contributed by atoms with Gasteiger partial charge in [-0.3, -0.25) is 0 Å². The highest BCUT2D eigenvalue weighted by Crippen LogP contribution is 2.31. The number of rotatable bonds is 7. The van der Waals surface area contributed by atoms with Crippen molar-refractivity contribution in [2.45, 2.75) is 18.8 Å². The van der Waals surface area contributed by atoms with E-state index in [1.807, 2.05) is 6.07 Å². The van der Waals surface area contributed by atoms with Gasteiger partial charge in [0.25, 0.3) is 0 Å². The SMILES string of the molecule is N#Cc1ccc(CNCC(O)COc2cccc(C(F)(F)F)c2)cc1. The third-order valence-electron chi connectivity index (χ3n) is 3.40. The minimum atomic E-state index is -4.43. The first-order chi connectivity index (χ1) is 11.9. The van der Waals surface area contributed by atoms with Gasteiger partial charge >= 0.3 is 6.18 Å². The van der Waals surface area contributed by atoms with Gasteiger partial charge in [0.2, 0.25) is 0 Å². The van der Waals surface area contributed by atoms with Gasteiger partial charge < -0.3 is 15.2 Å². The summed E-state index contributed by atoms with van der Waals surface area (Å²) in [6.07, 6.45) is -5.30. The van der Waals surface area contributed by atoms with E-state index >= 15 is 0 Å². The Bertz CT molecular complexity index is 724. The van der Waals surface area contributed by atoms with Crippen molar-refractivity contribution in [3.63, 3.8) is 0 Å². The summed E-state index contributed by atoms with van der Waals surface area (Å²) in [7, 11) is 0. The molecule has 0 radical (unpaired) electrons. The van der Waals surface area contributed by atoms with Crippen molar-refractivity contribution in [3.8, 4) is 11.8 Å². The molecule has 0 aliphatic carbocycles. The van der Waals surface area contributed by atoms with Crippen molar-refractivity contribution in [2.24, 2.45) is 0 Å². The van der Waals surface area contributed by atoms with E-state index in [0.29, 0.717) is 12.1 Å². The van der Waals surface area contributed by atoms with Crippen molar-refractivity contribution in [3.05, 3.63) is 65.2 Å². The minimum absolute atomic E-state index is 0.0565. The maximum Gasteiger partial charge on any atom is 0.416 e. The van der Waals surface area contributed by atoms with Crippen LogP contribution >= 0.6 is 0 Å². The van der Waals surface area contributed by atoms with Gasteiger partial charge in [-0.25, -0.2) is 0 Å². The molecule has 0 spiro atoms. The molecule has 0 aromatic heterocycles. The number of nitriles is 1. The molecule has 25 heavy (non-hydrogen) atoms. The molecule has 2 N–H and O–H groups in total. The van der Waals surface area contributed by atoms with E-state index in [0.717, 1.165) is 17.7 Å². The van der Waals surface area contributed by atoms with Crippen LogP contribution < -0.4 is 10.1 Å². The molecule has 0 heterocycles. The lowest BCUT2D eigenvalue weighted by Gasteiger charge is -2.14. The summed E-state index contributed by atoms with van der Waals surface area (Å²) < 4.78 is 43.0. The second-order valence-corrected chi connectivity index (χ2v) is 5.43. The number of hydrogen-bond donors (Lipinski definition) is 2. The van der Waals surface area contributed by atoms with Crippen LogP contribution in [0.15, 0.2) is 48.5 Å². The fourth-order valence-corrected chi connectivity index (χ4v) is 2.09. The highest BCUT2D eigenvalue weighted by atomic mass is 19.4. The molecule has 4 nitrogen and oxygen atoms in total. The number of alkyl halides is 3. The second kappa shape index (κ2) is 8.51. The summed E-state index contributed by atoms with van der Waals surface area (Å²) in [4.78, 5) is 0.